The van der Waals surface area contributed by atoms with E-state index in [1.807, 2.05) is 6.08 Å². The predicted octanol–water partition coefficient (Wildman–Crippen LogP) is 4.13. The van der Waals surface area contributed by atoms with Crippen molar-refractivity contribution in [3.05, 3.63) is 51.1 Å². The Balaban J connectivity index is 1.84. The van der Waals surface area contributed by atoms with E-state index in [9.17, 15) is 15.2 Å². The van der Waals surface area contributed by atoms with Crippen LogP contribution in [0.1, 0.15) is 37.2 Å². The molecule has 4 rings (SSSR count). The van der Waals surface area contributed by atoms with Crippen LogP contribution in [0.15, 0.2) is 30.4 Å². The monoisotopic (exact) mass is 345 g/mol. The van der Waals surface area contributed by atoms with Crippen molar-refractivity contribution in [2.24, 2.45) is 11.8 Å². The van der Waals surface area contributed by atoms with E-state index >= 15 is 0 Å². The van der Waals surface area contributed by atoms with Gasteiger partial charge in [-0.2, -0.15) is 0 Å². The highest BCUT2D eigenvalue weighted by molar-refractivity contribution is 6.33. The molecule has 1 aliphatic heterocycles. The maximum atomic E-state index is 12.5. The maximum absolute atomic E-state index is 12.5. The second-order valence-electron chi connectivity index (χ2n) is 6.82. The molecular formula is C18H18ClN2O3-. The van der Waals surface area contributed by atoms with E-state index in [2.05, 4.69) is 23.5 Å². The molecule has 0 amide bonds. The molecule has 3 aliphatic rings. The lowest BCUT2D eigenvalue weighted by Gasteiger charge is -2.43. The van der Waals surface area contributed by atoms with E-state index in [4.69, 9.17) is 11.6 Å². The number of nitrogens with zero attached hydrogens (tertiary/aromatic N) is 1. The van der Waals surface area contributed by atoms with Gasteiger partial charge in [0.15, 0.2) is 0 Å². The van der Waals surface area contributed by atoms with Crippen LogP contribution in [0.25, 0.3) is 0 Å². The van der Waals surface area contributed by atoms with Crippen LogP contribution in [0.4, 0.5) is 11.4 Å². The van der Waals surface area contributed by atoms with Crippen LogP contribution in [-0.2, 0) is 0 Å². The molecule has 0 aromatic heterocycles. The van der Waals surface area contributed by atoms with Gasteiger partial charge in [0, 0.05) is 17.6 Å². The number of rotatable bonds is 2. The highest BCUT2D eigenvalue weighted by Gasteiger charge is 2.44. The normalized spacial score (nSPS) is 30.5. The fourth-order valence-electron chi connectivity index (χ4n) is 4.53. The molecule has 0 radical (unpaired) electrons. The number of nitro benzene ring substituents is 1. The topological polar surface area (TPSA) is 78.2 Å². The smallest absolute Gasteiger partial charge is 0.293 e. The predicted molar refractivity (Wildman–Crippen MR) is 91.4 cm³/mol. The van der Waals surface area contributed by atoms with E-state index in [1.165, 1.54) is 6.07 Å². The van der Waals surface area contributed by atoms with Gasteiger partial charge in [-0.05, 0) is 43.6 Å². The molecule has 1 heterocycles. The van der Waals surface area contributed by atoms with E-state index in [-0.39, 0.29) is 34.3 Å². The summed E-state index contributed by atoms with van der Waals surface area (Å²) >= 11 is 6.03. The molecule has 0 saturated carbocycles. The van der Waals surface area contributed by atoms with Crippen LogP contribution in [0.2, 0.25) is 5.02 Å². The first-order valence-electron chi connectivity index (χ1n) is 8.34. The molecule has 6 heteroatoms. The van der Waals surface area contributed by atoms with Crippen molar-refractivity contribution in [2.45, 2.75) is 37.6 Å². The summed E-state index contributed by atoms with van der Waals surface area (Å²) in [6, 6.07) is 1.33. The van der Waals surface area contributed by atoms with Gasteiger partial charge in [0.1, 0.15) is 5.02 Å². The Bertz CT molecular complexity index is 759. The van der Waals surface area contributed by atoms with Crippen LogP contribution in [0.5, 0.6) is 5.75 Å². The number of halogens is 1. The van der Waals surface area contributed by atoms with Crippen molar-refractivity contribution in [3.63, 3.8) is 0 Å². The SMILES string of the molecule is O=[N+]([O-])c1c(Cl)cc([O-])c2c1[C@@H]1C=CC[C@H]1[C@H]([C@H]1CC=CCC1)N2. The first-order chi connectivity index (χ1) is 11.6. The molecule has 0 saturated heterocycles. The number of hydrogen-bond acceptors (Lipinski definition) is 4. The Morgan fingerprint density at radius 3 is 2.79 bits per heavy atom. The van der Waals surface area contributed by atoms with Crippen LogP contribution in [0, 0.1) is 22.0 Å². The molecule has 1 N–H and O–H groups in total. The summed E-state index contributed by atoms with van der Waals surface area (Å²) < 4.78 is 0. The Hall–Kier alpha value is -2.01. The summed E-state index contributed by atoms with van der Waals surface area (Å²) in [5.74, 6) is 0.329. The van der Waals surface area contributed by atoms with Gasteiger partial charge < -0.3 is 10.4 Å². The number of nitro groups is 1. The average Bonchev–Trinajstić information content (AvgIpc) is 3.04. The third kappa shape index (κ3) is 2.30. The van der Waals surface area contributed by atoms with Gasteiger partial charge in [-0.15, -0.1) is 0 Å². The second-order valence-corrected chi connectivity index (χ2v) is 7.23. The van der Waals surface area contributed by atoms with Gasteiger partial charge in [0.25, 0.3) is 5.69 Å². The molecule has 1 aromatic carbocycles. The Morgan fingerprint density at radius 2 is 2.08 bits per heavy atom. The van der Waals surface area contributed by atoms with Crippen molar-refractivity contribution < 1.29 is 10.0 Å². The van der Waals surface area contributed by atoms with Crippen LogP contribution in [-0.4, -0.2) is 11.0 Å². The summed E-state index contributed by atoms with van der Waals surface area (Å²) in [7, 11) is 0. The van der Waals surface area contributed by atoms with E-state index in [1.54, 1.807) is 0 Å². The third-order valence-electron chi connectivity index (χ3n) is 5.57. The number of hydrogen-bond donors (Lipinski definition) is 1. The van der Waals surface area contributed by atoms with Crippen LogP contribution in [0.3, 0.4) is 0 Å². The van der Waals surface area contributed by atoms with Gasteiger partial charge in [-0.1, -0.05) is 41.7 Å². The van der Waals surface area contributed by atoms with Crippen molar-refractivity contribution in [2.75, 3.05) is 5.32 Å². The molecule has 2 aliphatic carbocycles. The average molecular weight is 346 g/mol. The minimum absolute atomic E-state index is 0.0661. The zero-order valence-corrected chi connectivity index (χ0v) is 13.8. The molecule has 0 spiro atoms. The Morgan fingerprint density at radius 1 is 1.25 bits per heavy atom. The van der Waals surface area contributed by atoms with Crippen molar-refractivity contribution in [1.82, 2.24) is 0 Å². The van der Waals surface area contributed by atoms with Gasteiger partial charge in [-0.25, -0.2) is 0 Å². The minimum Gasteiger partial charge on any atom is -0.871 e. The van der Waals surface area contributed by atoms with Crippen LogP contribution >= 0.6 is 11.6 Å². The molecule has 0 bridgehead atoms. The van der Waals surface area contributed by atoms with Gasteiger partial charge in [0.05, 0.1) is 10.5 Å². The Kier molecular flexibility index (Phi) is 3.76. The summed E-state index contributed by atoms with van der Waals surface area (Å²) in [6.45, 7) is 0. The molecule has 1 aromatic rings. The number of benzene rings is 1. The lowest BCUT2D eigenvalue weighted by atomic mass is 9.71. The van der Waals surface area contributed by atoms with E-state index in [0.717, 1.165) is 25.7 Å². The van der Waals surface area contributed by atoms with Crippen molar-refractivity contribution in [3.8, 4) is 5.75 Å². The molecule has 24 heavy (non-hydrogen) atoms. The zero-order valence-electron chi connectivity index (χ0n) is 13.1. The lowest BCUT2D eigenvalue weighted by Crippen LogP contribution is -2.42. The Labute approximate surface area is 145 Å². The van der Waals surface area contributed by atoms with Crippen LogP contribution < -0.4 is 10.4 Å². The molecule has 0 fully saturated rings. The number of fused-ring (bicyclic) bond motifs is 3. The quantitative estimate of drug-likeness (QED) is 0.496. The maximum Gasteiger partial charge on any atom is 0.293 e. The van der Waals surface area contributed by atoms with Crippen molar-refractivity contribution in [1.29, 1.82) is 0 Å². The highest BCUT2D eigenvalue weighted by atomic mass is 35.5. The summed E-state index contributed by atoms with van der Waals surface area (Å²) in [5, 5.41) is 27.3. The number of allylic oxidation sites excluding steroid dienone is 4. The first kappa shape index (κ1) is 15.5. The molecular weight excluding hydrogens is 328 g/mol. The number of anilines is 1. The summed E-state index contributed by atoms with van der Waals surface area (Å²) in [4.78, 5) is 11.1. The first-order valence-corrected chi connectivity index (χ1v) is 8.71. The largest absolute Gasteiger partial charge is 0.871 e. The number of nitrogens with one attached hydrogen (secondary N) is 1. The van der Waals surface area contributed by atoms with Gasteiger partial charge in [0.2, 0.25) is 0 Å². The zero-order chi connectivity index (χ0) is 16.8. The fraction of sp³-hybridized carbons (Fsp3) is 0.444. The molecule has 4 atom stereocenters. The summed E-state index contributed by atoms with van der Waals surface area (Å²) in [5.41, 5.74) is 0.722. The summed E-state index contributed by atoms with van der Waals surface area (Å²) in [6.07, 6.45) is 12.5. The third-order valence-corrected chi connectivity index (χ3v) is 5.86. The van der Waals surface area contributed by atoms with Gasteiger partial charge in [-0.3, -0.25) is 10.1 Å². The molecule has 5 nitrogen and oxygen atoms in total. The standard InChI is InChI=1S/C18H19ClN2O3/c19-13-9-14(22)17-15(18(13)21(23)24)11-7-4-8-12(11)16(20-17)10-5-2-1-3-6-10/h1-2,4,7,9-12,16,20,22H,3,5-6,8H2/p-1/t10-,11+,12+,16-/m0/s1. The minimum atomic E-state index is -0.463. The second kappa shape index (κ2) is 5.81. The highest BCUT2D eigenvalue weighted by Crippen LogP contribution is 2.54. The van der Waals surface area contributed by atoms with E-state index in [0.29, 0.717) is 17.2 Å². The fourth-order valence-corrected chi connectivity index (χ4v) is 4.80. The van der Waals surface area contributed by atoms with Crippen molar-refractivity contribution >= 4 is 23.0 Å². The molecule has 126 valence electrons. The van der Waals surface area contributed by atoms with Gasteiger partial charge >= 0.3 is 0 Å². The van der Waals surface area contributed by atoms with E-state index < -0.39 is 4.92 Å². The lowest BCUT2D eigenvalue weighted by molar-refractivity contribution is -0.385. The molecule has 0 unspecified atom stereocenters.